The van der Waals surface area contributed by atoms with Gasteiger partial charge >= 0.3 is 35.6 Å². The van der Waals surface area contributed by atoms with Crippen LogP contribution in [-0.2, 0) is 17.0 Å². The number of nitrogens with zero attached hydrogens (tertiary/aromatic N) is 1. The summed E-state index contributed by atoms with van der Waals surface area (Å²) in [6.07, 6.45) is 15.3. The van der Waals surface area contributed by atoms with E-state index in [4.69, 9.17) is 23.6 Å². The van der Waals surface area contributed by atoms with Crippen LogP contribution in [0.15, 0.2) is 47.6 Å². The number of halogens is 2. The Morgan fingerprint density at radius 3 is 1.33 bits per heavy atom. The summed E-state index contributed by atoms with van der Waals surface area (Å²) < 4.78 is 0. The molecule has 0 aromatic heterocycles. The van der Waals surface area contributed by atoms with E-state index in [0.717, 1.165) is 0 Å². The van der Waals surface area contributed by atoms with Gasteiger partial charge in [-0.15, -0.1) is 5.54 Å². The Morgan fingerprint density at radius 1 is 0.727 bits per heavy atom. The van der Waals surface area contributed by atoms with Gasteiger partial charge in [0.25, 0.3) is 0 Å². The molecule has 0 radical (unpaired) electrons. The van der Waals surface area contributed by atoms with Crippen LogP contribution in [0, 0.1) is 41.9 Å². The summed E-state index contributed by atoms with van der Waals surface area (Å²) in [6, 6.07) is 0. The molecule has 3 aliphatic carbocycles. The zero-order chi connectivity index (χ0) is 24.7. The topological polar surface area (TPSA) is 14.1 Å². The second-order valence-electron chi connectivity index (χ2n) is 13.3. The van der Waals surface area contributed by atoms with Crippen molar-refractivity contribution in [3.05, 3.63) is 60.0 Å². The van der Waals surface area contributed by atoms with Crippen LogP contribution in [0.2, 0.25) is 18.6 Å². The van der Waals surface area contributed by atoms with Crippen LogP contribution in [0.1, 0.15) is 62.3 Å². The molecule has 188 valence electrons. The Balaban J connectivity index is 0.00000129. The normalized spacial score (nSPS) is 29.1. The minimum absolute atomic E-state index is 0. The van der Waals surface area contributed by atoms with E-state index in [2.05, 4.69) is 112 Å². The maximum absolute atomic E-state index is 5.47. The summed E-state index contributed by atoms with van der Waals surface area (Å²) in [7, 11) is 7.98. The number of fused-ring (bicyclic) bond motifs is 3. The number of hydrogen-bond acceptors (Lipinski definition) is 0. The van der Waals surface area contributed by atoms with Gasteiger partial charge in [0.2, 0.25) is 0 Å². The first-order chi connectivity index (χ1) is 14.4. The summed E-state index contributed by atoms with van der Waals surface area (Å²) in [5.74, 6) is 2.44. The average molecular weight is 545 g/mol. The molecular weight excluding hydrogens is 497 g/mol. The van der Waals surface area contributed by atoms with Crippen LogP contribution in [-0.4, -0.2) is 13.8 Å². The van der Waals surface area contributed by atoms with Gasteiger partial charge < -0.3 is 12.4 Å². The third-order valence-corrected chi connectivity index (χ3v) is 10.7. The Kier molecular flexibility index (Phi) is 10.7. The van der Waals surface area contributed by atoms with Crippen molar-refractivity contribution < 1.29 is 17.0 Å². The number of rotatable bonds is 2. The SMILES string of the molecule is CC(C)(C)[N-][Si](C)(C)C1C2C=CC(C(C)(C)C)=CC2C2C=C(C(C)(C)C)C=CC21.[CH3-].[Cl][Ti][Cl]. The summed E-state index contributed by atoms with van der Waals surface area (Å²) in [5, 5.41) is 0. The fourth-order valence-electron chi connectivity index (χ4n) is 6.03. The van der Waals surface area contributed by atoms with E-state index in [9.17, 15) is 0 Å². The van der Waals surface area contributed by atoms with Gasteiger partial charge in [-0.3, -0.25) is 0 Å². The molecule has 33 heavy (non-hydrogen) atoms. The molecule has 3 aliphatic rings. The van der Waals surface area contributed by atoms with E-state index in [1.165, 1.54) is 11.1 Å². The van der Waals surface area contributed by atoms with Gasteiger partial charge in [0.15, 0.2) is 0 Å². The molecule has 1 fully saturated rings. The Morgan fingerprint density at radius 2 is 1.06 bits per heavy atom. The Bertz CT molecular complexity index is 738. The fourth-order valence-corrected chi connectivity index (χ4v) is 10.5. The van der Waals surface area contributed by atoms with Crippen LogP contribution >= 0.6 is 18.6 Å². The van der Waals surface area contributed by atoms with E-state index in [0.29, 0.717) is 29.2 Å². The maximum atomic E-state index is 5.47. The van der Waals surface area contributed by atoms with Gasteiger partial charge in [0.05, 0.1) is 0 Å². The molecule has 1 saturated carbocycles. The predicted molar refractivity (Wildman–Crippen MR) is 150 cm³/mol. The molecule has 0 aromatic carbocycles. The molecule has 0 aromatic rings. The molecule has 0 heterocycles. The average Bonchev–Trinajstić information content (AvgIpc) is 2.92. The van der Waals surface area contributed by atoms with Crippen LogP contribution in [0.5, 0.6) is 0 Å². The fraction of sp³-hybridized carbons (Fsp3) is 0.679. The first kappa shape index (κ1) is 31.5. The zero-order valence-corrected chi connectivity index (χ0v) is 27.1. The molecule has 0 N–H and O–H groups in total. The van der Waals surface area contributed by atoms with Gasteiger partial charge in [-0.2, -0.15) is 0 Å². The van der Waals surface area contributed by atoms with E-state index >= 15 is 0 Å². The molecular formula is C28H47Cl2NSiTi-2. The van der Waals surface area contributed by atoms with Crippen molar-refractivity contribution in [3.8, 4) is 0 Å². The second-order valence-corrected chi connectivity index (χ2v) is 20.1. The summed E-state index contributed by atoms with van der Waals surface area (Å²) in [5.41, 5.74) is 4.13. The standard InChI is InChI=1S/C27H44NSi.CH3.2ClH.Ti/c1-25(2,3)18-12-14-20-22(16-18)23-17-19(26(4,5)6)13-15-21(23)24(20)29(10,11)28-27(7,8)9;;;;/h12-17,20-24H,1-11H3;1H3;2*1H;/q2*-1;;;+2/p-2. The van der Waals surface area contributed by atoms with E-state index < -0.39 is 25.3 Å². The van der Waals surface area contributed by atoms with Gasteiger partial charge in [0.1, 0.15) is 0 Å². The van der Waals surface area contributed by atoms with Gasteiger partial charge in [0, 0.05) is 0 Å². The van der Waals surface area contributed by atoms with E-state index in [1.807, 2.05) is 0 Å². The Hall–Kier alpha value is 0.431. The van der Waals surface area contributed by atoms with Crippen molar-refractivity contribution >= 4 is 26.8 Å². The summed E-state index contributed by atoms with van der Waals surface area (Å²) in [6.45, 7) is 25.9. The molecule has 5 heteroatoms. The molecule has 4 unspecified atom stereocenters. The monoisotopic (exact) mass is 543 g/mol. The van der Waals surface area contributed by atoms with Crippen LogP contribution in [0.4, 0.5) is 0 Å². The number of allylic oxidation sites excluding steroid dienone is 8. The molecule has 0 aliphatic heterocycles. The first-order valence-corrected chi connectivity index (χ1v) is 19.3. The third-order valence-electron chi connectivity index (χ3n) is 7.07. The van der Waals surface area contributed by atoms with Crippen molar-refractivity contribution in [2.24, 2.45) is 34.5 Å². The second kappa shape index (κ2) is 11.2. The van der Waals surface area contributed by atoms with Crippen molar-refractivity contribution in [1.29, 1.82) is 0 Å². The first-order valence-electron chi connectivity index (χ1n) is 11.9. The molecule has 0 spiro atoms. The van der Waals surface area contributed by atoms with Crippen LogP contribution in [0.3, 0.4) is 0 Å². The van der Waals surface area contributed by atoms with Crippen molar-refractivity contribution in [2.75, 3.05) is 0 Å². The van der Waals surface area contributed by atoms with Crippen molar-refractivity contribution in [3.63, 3.8) is 0 Å². The van der Waals surface area contributed by atoms with E-state index in [-0.39, 0.29) is 23.8 Å². The zero-order valence-electron chi connectivity index (χ0n) is 23.1. The molecule has 3 rings (SSSR count). The van der Waals surface area contributed by atoms with Gasteiger partial charge in [-0.25, -0.2) is 0 Å². The molecule has 0 bridgehead atoms. The van der Waals surface area contributed by atoms with E-state index in [1.54, 1.807) is 0 Å². The number of hydrogen-bond donors (Lipinski definition) is 0. The van der Waals surface area contributed by atoms with Crippen LogP contribution in [0.25, 0.3) is 4.98 Å². The molecule has 0 saturated heterocycles. The van der Waals surface area contributed by atoms with Crippen molar-refractivity contribution in [1.82, 2.24) is 0 Å². The van der Waals surface area contributed by atoms with Gasteiger partial charge in [-0.05, 0) is 45.6 Å². The molecule has 0 amide bonds. The quantitative estimate of drug-likeness (QED) is 0.243. The van der Waals surface area contributed by atoms with Crippen LogP contribution < -0.4 is 0 Å². The summed E-state index contributed by atoms with van der Waals surface area (Å²) in [4.78, 5) is 5.47. The molecule has 4 atom stereocenters. The summed E-state index contributed by atoms with van der Waals surface area (Å²) >= 11 is -0.556. The Labute approximate surface area is 223 Å². The predicted octanol–water partition coefficient (Wildman–Crippen LogP) is 10.1. The molecule has 1 nitrogen and oxygen atoms in total. The van der Waals surface area contributed by atoms with Gasteiger partial charge in [-0.1, -0.05) is 126 Å². The minimum atomic E-state index is -1.79. The third kappa shape index (κ3) is 7.71. The van der Waals surface area contributed by atoms with Crippen molar-refractivity contribution in [2.45, 2.75) is 86.5 Å².